The SMILES string of the molecule is C=CCn1c(SCC(=O)N(CC)CC)nnc1-c1ccccc1Cl. The number of hydrogen-bond donors (Lipinski definition) is 0. The van der Waals surface area contributed by atoms with E-state index in [4.69, 9.17) is 11.6 Å². The molecule has 0 fully saturated rings. The van der Waals surface area contributed by atoms with Crippen LogP contribution in [0.25, 0.3) is 11.4 Å². The van der Waals surface area contributed by atoms with E-state index in [0.717, 1.165) is 5.56 Å². The average molecular weight is 365 g/mol. The van der Waals surface area contributed by atoms with Crippen LogP contribution in [0, 0.1) is 0 Å². The first-order valence-electron chi connectivity index (χ1n) is 7.81. The average Bonchev–Trinajstić information content (AvgIpc) is 2.97. The van der Waals surface area contributed by atoms with Crippen molar-refractivity contribution in [1.29, 1.82) is 0 Å². The van der Waals surface area contributed by atoms with Crippen molar-refractivity contribution in [3.8, 4) is 11.4 Å². The van der Waals surface area contributed by atoms with Gasteiger partial charge in [-0.1, -0.05) is 41.6 Å². The van der Waals surface area contributed by atoms with E-state index in [9.17, 15) is 4.79 Å². The Hall–Kier alpha value is -1.79. The quantitative estimate of drug-likeness (QED) is 0.528. The van der Waals surface area contributed by atoms with Crippen LogP contribution in [0.5, 0.6) is 0 Å². The lowest BCUT2D eigenvalue weighted by Gasteiger charge is -2.18. The highest BCUT2D eigenvalue weighted by atomic mass is 35.5. The summed E-state index contributed by atoms with van der Waals surface area (Å²) in [5.41, 5.74) is 0.815. The van der Waals surface area contributed by atoms with Crippen LogP contribution < -0.4 is 0 Å². The third kappa shape index (κ3) is 4.19. The number of amides is 1. The smallest absolute Gasteiger partial charge is 0.233 e. The van der Waals surface area contributed by atoms with Gasteiger partial charge in [0.15, 0.2) is 11.0 Å². The van der Waals surface area contributed by atoms with Gasteiger partial charge < -0.3 is 4.90 Å². The van der Waals surface area contributed by atoms with Crippen molar-refractivity contribution in [1.82, 2.24) is 19.7 Å². The zero-order valence-corrected chi connectivity index (χ0v) is 15.5. The summed E-state index contributed by atoms with van der Waals surface area (Å²) in [6, 6.07) is 7.51. The minimum absolute atomic E-state index is 0.0949. The Morgan fingerprint density at radius 1 is 1.33 bits per heavy atom. The molecule has 0 radical (unpaired) electrons. The summed E-state index contributed by atoms with van der Waals surface area (Å²) in [5.74, 6) is 1.11. The number of nitrogens with zero attached hydrogens (tertiary/aromatic N) is 4. The fraction of sp³-hybridized carbons (Fsp3) is 0.353. The Morgan fingerprint density at radius 2 is 2.04 bits per heavy atom. The molecule has 0 N–H and O–H groups in total. The zero-order valence-electron chi connectivity index (χ0n) is 13.9. The summed E-state index contributed by atoms with van der Waals surface area (Å²) in [5, 5.41) is 9.80. The highest BCUT2D eigenvalue weighted by Gasteiger charge is 2.17. The maximum absolute atomic E-state index is 12.2. The standard InChI is InChI=1S/C17H21ClN4OS/c1-4-11-22-16(13-9-7-8-10-14(13)18)19-20-17(22)24-12-15(23)21(5-2)6-3/h4,7-10H,1,5-6,11-12H2,2-3H3. The van der Waals surface area contributed by atoms with Crippen LogP contribution in [0.3, 0.4) is 0 Å². The van der Waals surface area contributed by atoms with Gasteiger partial charge >= 0.3 is 0 Å². The lowest BCUT2D eigenvalue weighted by atomic mass is 10.2. The first-order chi connectivity index (χ1) is 11.6. The van der Waals surface area contributed by atoms with E-state index >= 15 is 0 Å². The number of rotatable bonds is 8. The zero-order chi connectivity index (χ0) is 17.5. The van der Waals surface area contributed by atoms with Gasteiger partial charge in [-0.25, -0.2) is 0 Å². The summed E-state index contributed by atoms with van der Waals surface area (Å²) in [7, 11) is 0. The normalized spacial score (nSPS) is 10.6. The minimum Gasteiger partial charge on any atom is -0.343 e. The van der Waals surface area contributed by atoms with Crippen molar-refractivity contribution in [3.05, 3.63) is 41.9 Å². The van der Waals surface area contributed by atoms with Crippen LogP contribution >= 0.6 is 23.4 Å². The van der Waals surface area contributed by atoms with Crippen molar-refractivity contribution in [2.24, 2.45) is 0 Å². The number of carbonyl (C=O) groups excluding carboxylic acids is 1. The van der Waals surface area contributed by atoms with Crippen LogP contribution in [0.15, 0.2) is 42.1 Å². The van der Waals surface area contributed by atoms with Gasteiger partial charge in [-0.2, -0.15) is 0 Å². The fourth-order valence-corrected chi connectivity index (χ4v) is 3.40. The van der Waals surface area contributed by atoms with Gasteiger partial charge in [0.05, 0.1) is 10.8 Å². The molecule has 24 heavy (non-hydrogen) atoms. The second-order valence-corrected chi connectivity index (χ2v) is 6.39. The van der Waals surface area contributed by atoms with Crippen LogP contribution in [-0.2, 0) is 11.3 Å². The molecule has 0 saturated heterocycles. The van der Waals surface area contributed by atoms with Crippen LogP contribution in [-0.4, -0.2) is 44.4 Å². The summed E-state index contributed by atoms with van der Waals surface area (Å²) >= 11 is 7.66. The predicted molar refractivity (Wildman–Crippen MR) is 99.3 cm³/mol. The second kappa shape index (κ2) is 8.89. The third-order valence-electron chi connectivity index (χ3n) is 3.58. The number of thioether (sulfide) groups is 1. The molecular formula is C17H21ClN4OS. The molecule has 2 aromatic rings. The minimum atomic E-state index is 0.0949. The van der Waals surface area contributed by atoms with Crippen molar-refractivity contribution in [2.75, 3.05) is 18.8 Å². The van der Waals surface area contributed by atoms with E-state index in [-0.39, 0.29) is 5.91 Å². The highest BCUT2D eigenvalue weighted by Crippen LogP contribution is 2.29. The first kappa shape index (κ1) is 18.5. The topological polar surface area (TPSA) is 51.0 Å². The maximum Gasteiger partial charge on any atom is 0.233 e. The van der Waals surface area contributed by atoms with E-state index in [1.807, 2.05) is 42.7 Å². The molecule has 0 aliphatic rings. The van der Waals surface area contributed by atoms with Crippen molar-refractivity contribution >= 4 is 29.3 Å². The number of benzene rings is 1. The highest BCUT2D eigenvalue weighted by molar-refractivity contribution is 7.99. The second-order valence-electron chi connectivity index (χ2n) is 5.04. The summed E-state index contributed by atoms with van der Waals surface area (Å²) in [4.78, 5) is 14.0. The van der Waals surface area contributed by atoms with Crippen LogP contribution in [0.2, 0.25) is 5.02 Å². The Kier molecular flexibility index (Phi) is 6.87. The lowest BCUT2D eigenvalue weighted by molar-refractivity contribution is -0.127. The van der Waals surface area contributed by atoms with Gasteiger partial charge in [-0.3, -0.25) is 9.36 Å². The summed E-state index contributed by atoms with van der Waals surface area (Å²) in [6.45, 7) is 9.71. The molecule has 7 heteroatoms. The Morgan fingerprint density at radius 3 is 2.67 bits per heavy atom. The molecule has 5 nitrogen and oxygen atoms in total. The molecule has 1 aromatic heterocycles. The van der Waals surface area contributed by atoms with Gasteiger partial charge in [0.1, 0.15) is 0 Å². The molecule has 0 aliphatic carbocycles. The van der Waals surface area contributed by atoms with E-state index in [1.54, 1.807) is 11.0 Å². The molecule has 1 aromatic carbocycles. The van der Waals surface area contributed by atoms with Crippen LogP contribution in [0.1, 0.15) is 13.8 Å². The molecule has 0 saturated carbocycles. The molecule has 2 rings (SSSR count). The van der Waals surface area contributed by atoms with E-state index in [0.29, 0.717) is 41.4 Å². The predicted octanol–water partition coefficient (Wildman–Crippen LogP) is 3.75. The Bertz CT molecular complexity index is 712. The molecule has 0 atom stereocenters. The molecular weight excluding hydrogens is 344 g/mol. The van der Waals surface area contributed by atoms with Crippen LogP contribution in [0.4, 0.5) is 0 Å². The van der Waals surface area contributed by atoms with Gasteiger partial charge in [0.25, 0.3) is 0 Å². The Balaban J connectivity index is 2.24. The van der Waals surface area contributed by atoms with Gasteiger partial charge in [0, 0.05) is 25.2 Å². The number of halogens is 1. The van der Waals surface area contributed by atoms with E-state index < -0.39 is 0 Å². The number of carbonyl (C=O) groups is 1. The summed E-state index contributed by atoms with van der Waals surface area (Å²) < 4.78 is 1.92. The van der Waals surface area contributed by atoms with Crippen molar-refractivity contribution < 1.29 is 4.79 Å². The largest absolute Gasteiger partial charge is 0.343 e. The number of aromatic nitrogens is 3. The third-order valence-corrected chi connectivity index (χ3v) is 4.87. The van der Waals surface area contributed by atoms with E-state index in [1.165, 1.54) is 11.8 Å². The number of hydrogen-bond acceptors (Lipinski definition) is 4. The Labute approximate surface area is 151 Å². The van der Waals surface area contributed by atoms with Crippen molar-refractivity contribution in [2.45, 2.75) is 25.5 Å². The maximum atomic E-state index is 12.2. The molecule has 128 valence electrons. The van der Waals surface area contributed by atoms with Gasteiger partial charge in [-0.05, 0) is 26.0 Å². The number of allylic oxidation sites excluding steroid dienone is 1. The fourth-order valence-electron chi connectivity index (χ4n) is 2.32. The molecule has 0 aliphatic heterocycles. The molecule has 0 unspecified atom stereocenters. The molecule has 1 heterocycles. The lowest BCUT2D eigenvalue weighted by Crippen LogP contribution is -2.31. The van der Waals surface area contributed by atoms with Gasteiger partial charge in [-0.15, -0.1) is 16.8 Å². The molecule has 0 spiro atoms. The van der Waals surface area contributed by atoms with Crippen molar-refractivity contribution in [3.63, 3.8) is 0 Å². The van der Waals surface area contributed by atoms with E-state index in [2.05, 4.69) is 16.8 Å². The molecule has 0 bridgehead atoms. The first-order valence-corrected chi connectivity index (χ1v) is 9.18. The molecule has 1 amide bonds. The monoisotopic (exact) mass is 364 g/mol. The van der Waals surface area contributed by atoms with Gasteiger partial charge in [0.2, 0.25) is 5.91 Å². The summed E-state index contributed by atoms with van der Waals surface area (Å²) in [6.07, 6.45) is 1.78.